The van der Waals surface area contributed by atoms with Gasteiger partial charge in [0, 0.05) is 17.7 Å². The molecule has 0 fully saturated rings. The minimum atomic E-state index is -3.40. The third-order valence-corrected chi connectivity index (χ3v) is 5.00. The average Bonchev–Trinajstić information content (AvgIpc) is 2.89. The van der Waals surface area contributed by atoms with E-state index in [0.717, 1.165) is 24.0 Å². The van der Waals surface area contributed by atoms with Crippen LogP contribution >= 0.6 is 11.6 Å². The Hall–Kier alpha value is -1.13. The summed E-state index contributed by atoms with van der Waals surface area (Å²) in [7, 11) is -3.40. The molecule has 0 aliphatic heterocycles. The van der Waals surface area contributed by atoms with Crippen molar-refractivity contribution in [3.63, 3.8) is 0 Å². The van der Waals surface area contributed by atoms with Gasteiger partial charge in [-0.05, 0) is 48.1 Å². The minimum absolute atomic E-state index is 0.101. The normalized spacial score (nSPS) is 18.4. The number of allylic oxidation sites excluding steroid dienone is 2. The van der Waals surface area contributed by atoms with E-state index in [0.29, 0.717) is 12.0 Å². The quantitative estimate of drug-likeness (QED) is 0.632. The lowest BCUT2D eigenvalue weighted by molar-refractivity contribution is 0.108. The van der Waals surface area contributed by atoms with Gasteiger partial charge in [-0.1, -0.05) is 25.1 Å². The van der Waals surface area contributed by atoms with Gasteiger partial charge in [0.1, 0.15) is 0 Å². The van der Waals surface area contributed by atoms with Crippen LogP contribution in [0.5, 0.6) is 0 Å². The van der Waals surface area contributed by atoms with Crippen molar-refractivity contribution in [2.75, 3.05) is 6.26 Å². The van der Waals surface area contributed by atoms with Crippen molar-refractivity contribution < 1.29 is 13.2 Å². The second-order valence-electron chi connectivity index (χ2n) is 5.06. The van der Waals surface area contributed by atoms with Crippen molar-refractivity contribution in [1.29, 1.82) is 0 Å². The summed E-state index contributed by atoms with van der Waals surface area (Å²) < 4.78 is 24.0. The molecule has 1 atom stereocenters. The first-order valence-electron chi connectivity index (χ1n) is 6.58. The molecule has 2 rings (SSSR count). The Labute approximate surface area is 124 Å². The van der Waals surface area contributed by atoms with Crippen LogP contribution in [0.15, 0.2) is 29.2 Å². The second-order valence-corrected chi connectivity index (χ2v) is 7.39. The lowest BCUT2D eigenvalue weighted by Gasteiger charge is -2.17. The predicted octanol–water partition coefficient (Wildman–Crippen LogP) is 3.47. The fourth-order valence-electron chi connectivity index (χ4n) is 2.62. The summed E-state index contributed by atoms with van der Waals surface area (Å²) in [5, 5.41) is -0.611. The zero-order valence-corrected chi connectivity index (χ0v) is 13.1. The third kappa shape index (κ3) is 2.96. The number of hydrogen-bond donors (Lipinski definition) is 0. The summed E-state index contributed by atoms with van der Waals surface area (Å²) in [6.45, 7) is 1.92. The standard InChI is InChI=1S/C15H17ClO3S/c1-3-10-8-12(11-6-4-5-7-11)14(20(2,18)19)9-13(10)15(16)17/h4,6,8-9,11H,3,5,7H2,1-2H3. The van der Waals surface area contributed by atoms with Crippen molar-refractivity contribution in [2.24, 2.45) is 0 Å². The smallest absolute Gasteiger partial charge is 0.252 e. The molecule has 0 N–H and O–H groups in total. The lowest BCUT2D eigenvalue weighted by atomic mass is 9.93. The molecule has 0 radical (unpaired) electrons. The SMILES string of the molecule is CCc1cc(C2C=CCC2)c(S(C)(=O)=O)cc1C(=O)Cl. The van der Waals surface area contributed by atoms with Gasteiger partial charge in [-0.15, -0.1) is 0 Å². The van der Waals surface area contributed by atoms with E-state index in [1.807, 2.05) is 19.1 Å². The minimum Gasteiger partial charge on any atom is -0.276 e. The predicted molar refractivity (Wildman–Crippen MR) is 80.2 cm³/mol. The molecule has 108 valence electrons. The lowest BCUT2D eigenvalue weighted by Crippen LogP contribution is -2.09. The van der Waals surface area contributed by atoms with Crippen molar-refractivity contribution >= 4 is 26.7 Å². The van der Waals surface area contributed by atoms with Crippen LogP contribution in [0.3, 0.4) is 0 Å². The first-order chi connectivity index (χ1) is 9.34. The van der Waals surface area contributed by atoms with Gasteiger partial charge in [0.15, 0.2) is 9.84 Å². The van der Waals surface area contributed by atoms with Crippen LogP contribution < -0.4 is 0 Å². The maximum atomic E-state index is 12.0. The van der Waals surface area contributed by atoms with Crippen LogP contribution in [0.25, 0.3) is 0 Å². The Kier molecular flexibility index (Phi) is 4.35. The number of carbonyl (C=O) groups excluding carboxylic acids is 1. The van der Waals surface area contributed by atoms with Crippen LogP contribution in [-0.2, 0) is 16.3 Å². The molecule has 3 nitrogen and oxygen atoms in total. The van der Waals surface area contributed by atoms with E-state index >= 15 is 0 Å². The van der Waals surface area contributed by atoms with Gasteiger partial charge in [0.05, 0.1) is 4.90 Å². The van der Waals surface area contributed by atoms with Crippen molar-refractivity contribution in [1.82, 2.24) is 0 Å². The molecule has 0 saturated carbocycles. The maximum absolute atomic E-state index is 12.0. The number of rotatable bonds is 4. The third-order valence-electron chi connectivity index (χ3n) is 3.64. The van der Waals surface area contributed by atoms with Crippen molar-refractivity contribution in [3.8, 4) is 0 Å². The van der Waals surface area contributed by atoms with E-state index in [-0.39, 0.29) is 10.8 Å². The van der Waals surface area contributed by atoms with Crippen LogP contribution in [-0.4, -0.2) is 19.9 Å². The van der Waals surface area contributed by atoms with Gasteiger partial charge in [0.2, 0.25) is 0 Å². The van der Waals surface area contributed by atoms with Crippen LogP contribution in [0.4, 0.5) is 0 Å². The first-order valence-corrected chi connectivity index (χ1v) is 8.85. The number of sulfone groups is 1. The van der Waals surface area contributed by atoms with Gasteiger partial charge in [-0.25, -0.2) is 8.42 Å². The first kappa shape index (κ1) is 15.3. The van der Waals surface area contributed by atoms with E-state index in [1.165, 1.54) is 12.3 Å². The van der Waals surface area contributed by atoms with Crippen LogP contribution in [0, 0.1) is 0 Å². The fraction of sp³-hybridized carbons (Fsp3) is 0.400. The average molecular weight is 313 g/mol. The number of benzene rings is 1. The summed E-state index contributed by atoms with van der Waals surface area (Å²) in [5.74, 6) is 0.101. The molecule has 0 heterocycles. The number of aryl methyl sites for hydroxylation is 1. The zero-order chi connectivity index (χ0) is 14.9. The Bertz CT molecular complexity index is 675. The molecule has 0 saturated heterocycles. The molecule has 0 bridgehead atoms. The highest BCUT2D eigenvalue weighted by atomic mass is 35.5. The van der Waals surface area contributed by atoms with Gasteiger partial charge in [0.25, 0.3) is 5.24 Å². The highest BCUT2D eigenvalue weighted by Crippen LogP contribution is 2.35. The summed E-state index contributed by atoms with van der Waals surface area (Å²) in [6, 6.07) is 3.26. The molecular formula is C15H17ClO3S. The Morgan fingerprint density at radius 2 is 2.10 bits per heavy atom. The van der Waals surface area contributed by atoms with Gasteiger partial charge in [-0.3, -0.25) is 4.79 Å². The second kappa shape index (κ2) is 5.70. The summed E-state index contributed by atoms with van der Waals surface area (Å²) in [5.41, 5.74) is 1.87. The number of hydrogen-bond acceptors (Lipinski definition) is 3. The number of carbonyl (C=O) groups is 1. The summed E-state index contributed by atoms with van der Waals surface area (Å²) in [6.07, 6.45) is 7.75. The molecule has 1 aliphatic carbocycles. The maximum Gasteiger partial charge on any atom is 0.252 e. The van der Waals surface area contributed by atoms with Crippen LogP contribution in [0.1, 0.15) is 47.2 Å². The van der Waals surface area contributed by atoms with E-state index in [9.17, 15) is 13.2 Å². The van der Waals surface area contributed by atoms with Crippen LogP contribution in [0.2, 0.25) is 0 Å². The zero-order valence-electron chi connectivity index (χ0n) is 11.5. The molecule has 1 unspecified atom stereocenters. The topological polar surface area (TPSA) is 51.2 Å². The Morgan fingerprint density at radius 1 is 1.40 bits per heavy atom. The van der Waals surface area contributed by atoms with Gasteiger partial charge >= 0.3 is 0 Å². The van der Waals surface area contributed by atoms with E-state index in [1.54, 1.807) is 0 Å². The molecular weight excluding hydrogens is 296 g/mol. The van der Waals surface area contributed by atoms with Gasteiger partial charge in [-0.2, -0.15) is 0 Å². The molecule has 5 heteroatoms. The molecule has 1 aliphatic rings. The Morgan fingerprint density at radius 3 is 2.55 bits per heavy atom. The molecule has 20 heavy (non-hydrogen) atoms. The van der Waals surface area contributed by atoms with E-state index in [2.05, 4.69) is 6.08 Å². The highest BCUT2D eigenvalue weighted by Gasteiger charge is 2.24. The van der Waals surface area contributed by atoms with E-state index < -0.39 is 15.1 Å². The number of halogens is 1. The monoisotopic (exact) mass is 312 g/mol. The van der Waals surface area contributed by atoms with Crippen molar-refractivity contribution in [2.45, 2.75) is 37.0 Å². The molecule has 0 aromatic heterocycles. The molecule has 0 amide bonds. The molecule has 0 spiro atoms. The van der Waals surface area contributed by atoms with Gasteiger partial charge < -0.3 is 0 Å². The molecule has 1 aromatic carbocycles. The Balaban J connectivity index is 2.71. The fourth-order valence-corrected chi connectivity index (χ4v) is 3.77. The highest BCUT2D eigenvalue weighted by molar-refractivity contribution is 7.90. The van der Waals surface area contributed by atoms with E-state index in [4.69, 9.17) is 11.6 Å². The summed E-state index contributed by atoms with van der Waals surface area (Å²) in [4.78, 5) is 11.7. The summed E-state index contributed by atoms with van der Waals surface area (Å²) >= 11 is 5.57. The largest absolute Gasteiger partial charge is 0.276 e. The molecule has 1 aromatic rings. The van der Waals surface area contributed by atoms with Crippen molar-refractivity contribution in [3.05, 3.63) is 41.0 Å².